The van der Waals surface area contributed by atoms with E-state index in [1.54, 1.807) is 48.5 Å². The molecule has 0 saturated heterocycles. The van der Waals surface area contributed by atoms with Gasteiger partial charge < -0.3 is 14.5 Å². The van der Waals surface area contributed by atoms with E-state index in [-0.39, 0.29) is 18.3 Å². The summed E-state index contributed by atoms with van der Waals surface area (Å²) in [6, 6.07) is 15.6. The monoisotopic (exact) mass is 375 g/mol. The number of aryl methyl sites for hydroxylation is 1. The number of hydrogen-bond acceptors (Lipinski definition) is 3. The highest BCUT2D eigenvalue weighted by molar-refractivity contribution is 6.31. The van der Waals surface area contributed by atoms with E-state index in [0.29, 0.717) is 27.2 Å². The Kier molecular flexibility index (Phi) is 5.31. The van der Waals surface area contributed by atoms with Crippen LogP contribution in [0.25, 0.3) is 0 Å². The van der Waals surface area contributed by atoms with E-state index >= 15 is 0 Å². The van der Waals surface area contributed by atoms with E-state index in [1.165, 1.54) is 0 Å². The topological polar surface area (TPSA) is 51.5 Å². The Bertz CT molecular complexity index is 888. The third-order valence-corrected chi connectivity index (χ3v) is 4.17. The van der Waals surface area contributed by atoms with E-state index in [4.69, 9.17) is 32.4 Å². The maximum Gasteiger partial charge on any atom is 0.291 e. The van der Waals surface area contributed by atoms with Crippen LogP contribution in [0.3, 0.4) is 0 Å². The molecule has 0 atom stereocenters. The van der Waals surface area contributed by atoms with Crippen molar-refractivity contribution in [3.63, 3.8) is 0 Å². The van der Waals surface area contributed by atoms with Crippen molar-refractivity contribution >= 4 is 34.8 Å². The fourth-order valence-corrected chi connectivity index (χ4v) is 2.41. The van der Waals surface area contributed by atoms with Crippen molar-refractivity contribution < 1.29 is 13.9 Å². The smallest absolute Gasteiger partial charge is 0.291 e. The summed E-state index contributed by atoms with van der Waals surface area (Å²) in [4.78, 5) is 12.2. The number of nitrogens with one attached hydrogen (secondary N) is 1. The highest BCUT2D eigenvalue weighted by atomic mass is 35.5. The largest absolute Gasteiger partial charge is 0.486 e. The van der Waals surface area contributed by atoms with Gasteiger partial charge in [0.05, 0.1) is 0 Å². The summed E-state index contributed by atoms with van der Waals surface area (Å²) < 4.78 is 11.2. The molecule has 3 rings (SSSR count). The van der Waals surface area contributed by atoms with Gasteiger partial charge in [0.15, 0.2) is 5.76 Å². The zero-order chi connectivity index (χ0) is 17.8. The summed E-state index contributed by atoms with van der Waals surface area (Å²) in [5.74, 6) is 1.11. The molecule has 0 aliphatic rings. The molecule has 3 aromatic rings. The van der Waals surface area contributed by atoms with Crippen LogP contribution in [0, 0.1) is 6.92 Å². The number of carbonyl (C=O) groups excluding carboxylic acids is 1. The first-order chi connectivity index (χ1) is 12.0. The molecule has 0 bridgehead atoms. The van der Waals surface area contributed by atoms with Crippen molar-refractivity contribution in [3.8, 4) is 5.75 Å². The minimum atomic E-state index is -0.337. The summed E-state index contributed by atoms with van der Waals surface area (Å²) >= 11 is 11.8. The molecular formula is C19H15Cl2NO3. The Hall–Kier alpha value is -2.43. The molecule has 0 fully saturated rings. The number of rotatable bonds is 5. The second-order valence-electron chi connectivity index (χ2n) is 5.43. The standard InChI is InChI=1S/C19H15Cl2NO3/c1-12-10-15(6-8-17(12)21)24-11-16-7-9-18(25-16)19(23)22-14-4-2-13(20)3-5-14/h2-10H,11H2,1H3,(H,22,23). The van der Waals surface area contributed by atoms with Crippen LogP contribution in [0.15, 0.2) is 59.0 Å². The van der Waals surface area contributed by atoms with Crippen molar-refractivity contribution in [1.29, 1.82) is 0 Å². The van der Waals surface area contributed by atoms with Gasteiger partial charge in [-0.05, 0) is 67.1 Å². The number of benzene rings is 2. The average Bonchev–Trinajstić information content (AvgIpc) is 3.07. The number of carbonyl (C=O) groups is 1. The summed E-state index contributed by atoms with van der Waals surface area (Å²) in [5, 5.41) is 4.03. The third kappa shape index (κ3) is 4.56. The van der Waals surface area contributed by atoms with Crippen LogP contribution in [0.4, 0.5) is 5.69 Å². The maximum atomic E-state index is 12.2. The molecule has 25 heavy (non-hydrogen) atoms. The summed E-state index contributed by atoms with van der Waals surface area (Å²) in [7, 11) is 0. The van der Waals surface area contributed by atoms with Crippen molar-refractivity contribution in [2.45, 2.75) is 13.5 Å². The highest BCUT2D eigenvalue weighted by Crippen LogP contribution is 2.22. The van der Waals surface area contributed by atoms with E-state index in [2.05, 4.69) is 5.32 Å². The van der Waals surface area contributed by atoms with Crippen molar-refractivity contribution in [1.82, 2.24) is 0 Å². The van der Waals surface area contributed by atoms with Gasteiger partial charge in [0.2, 0.25) is 0 Å². The maximum absolute atomic E-state index is 12.2. The molecule has 1 heterocycles. The molecule has 128 valence electrons. The zero-order valence-corrected chi connectivity index (χ0v) is 14.9. The molecule has 1 N–H and O–H groups in total. The molecule has 0 spiro atoms. The average molecular weight is 376 g/mol. The van der Waals surface area contributed by atoms with E-state index in [9.17, 15) is 4.79 Å². The molecule has 0 saturated carbocycles. The Balaban J connectivity index is 1.60. The van der Waals surface area contributed by atoms with E-state index < -0.39 is 0 Å². The number of halogens is 2. The van der Waals surface area contributed by atoms with Crippen molar-refractivity contribution in [2.24, 2.45) is 0 Å². The van der Waals surface area contributed by atoms with Gasteiger partial charge in [0, 0.05) is 15.7 Å². The number of anilines is 1. The first-order valence-electron chi connectivity index (χ1n) is 7.56. The third-order valence-electron chi connectivity index (χ3n) is 3.50. The summed E-state index contributed by atoms with van der Waals surface area (Å²) in [6.45, 7) is 2.12. The Labute approximate surface area is 155 Å². The molecule has 0 radical (unpaired) electrons. The van der Waals surface area contributed by atoms with Gasteiger partial charge in [-0.3, -0.25) is 4.79 Å². The Morgan fingerprint density at radius 3 is 2.56 bits per heavy atom. The fraction of sp³-hybridized carbons (Fsp3) is 0.105. The molecule has 0 aliphatic carbocycles. The minimum Gasteiger partial charge on any atom is -0.486 e. The Morgan fingerprint density at radius 1 is 1.08 bits per heavy atom. The molecule has 6 heteroatoms. The van der Waals surface area contributed by atoms with Crippen LogP contribution < -0.4 is 10.1 Å². The number of furan rings is 1. The predicted molar refractivity (Wildman–Crippen MR) is 98.6 cm³/mol. The van der Waals surface area contributed by atoms with Crippen LogP contribution in [0.5, 0.6) is 5.75 Å². The van der Waals surface area contributed by atoms with Crippen LogP contribution >= 0.6 is 23.2 Å². The quantitative estimate of drug-likeness (QED) is 0.619. The van der Waals surface area contributed by atoms with Crippen LogP contribution in [0.2, 0.25) is 10.0 Å². The molecular weight excluding hydrogens is 361 g/mol. The second-order valence-corrected chi connectivity index (χ2v) is 6.27. The lowest BCUT2D eigenvalue weighted by atomic mass is 10.2. The second kappa shape index (κ2) is 7.64. The minimum absolute atomic E-state index is 0.209. The molecule has 2 aromatic carbocycles. The summed E-state index contributed by atoms with van der Waals surface area (Å²) in [5.41, 5.74) is 1.57. The van der Waals surface area contributed by atoms with Gasteiger partial charge in [-0.15, -0.1) is 0 Å². The summed E-state index contributed by atoms with van der Waals surface area (Å²) in [6.07, 6.45) is 0. The van der Waals surface area contributed by atoms with Gasteiger partial charge in [-0.2, -0.15) is 0 Å². The first-order valence-corrected chi connectivity index (χ1v) is 8.31. The van der Waals surface area contributed by atoms with Gasteiger partial charge in [-0.25, -0.2) is 0 Å². The highest BCUT2D eigenvalue weighted by Gasteiger charge is 2.12. The molecule has 1 amide bonds. The Morgan fingerprint density at radius 2 is 1.84 bits per heavy atom. The number of hydrogen-bond donors (Lipinski definition) is 1. The van der Waals surface area contributed by atoms with Gasteiger partial charge in [0.25, 0.3) is 5.91 Å². The number of ether oxygens (including phenoxy) is 1. The molecule has 4 nitrogen and oxygen atoms in total. The van der Waals surface area contributed by atoms with Gasteiger partial charge >= 0.3 is 0 Å². The van der Waals surface area contributed by atoms with Crippen molar-refractivity contribution in [2.75, 3.05) is 5.32 Å². The lowest BCUT2D eigenvalue weighted by Gasteiger charge is -2.06. The first kappa shape index (κ1) is 17.4. The molecule has 1 aromatic heterocycles. The lowest BCUT2D eigenvalue weighted by Crippen LogP contribution is -2.10. The fourth-order valence-electron chi connectivity index (χ4n) is 2.16. The van der Waals surface area contributed by atoms with E-state index in [1.807, 2.05) is 13.0 Å². The molecule has 0 unspecified atom stereocenters. The van der Waals surface area contributed by atoms with Gasteiger partial charge in [-0.1, -0.05) is 23.2 Å². The predicted octanol–water partition coefficient (Wildman–Crippen LogP) is 5.73. The SMILES string of the molecule is Cc1cc(OCc2ccc(C(=O)Nc3ccc(Cl)cc3)o2)ccc1Cl. The van der Waals surface area contributed by atoms with Gasteiger partial charge in [0.1, 0.15) is 18.1 Å². The van der Waals surface area contributed by atoms with Crippen LogP contribution in [0.1, 0.15) is 21.9 Å². The van der Waals surface area contributed by atoms with Crippen molar-refractivity contribution in [3.05, 3.63) is 81.7 Å². The van der Waals surface area contributed by atoms with Crippen LogP contribution in [-0.4, -0.2) is 5.91 Å². The number of amides is 1. The zero-order valence-electron chi connectivity index (χ0n) is 13.4. The molecule has 0 aliphatic heterocycles. The normalized spacial score (nSPS) is 10.5. The lowest BCUT2D eigenvalue weighted by molar-refractivity contribution is 0.0992. The van der Waals surface area contributed by atoms with E-state index in [0.717, 1.165) is 5.56 Å². The van der Waals surface area contributed by atoms with Crippen LogP contribution in [-0.2, 0) is 6.61 Å².